The molecule has 0 aliphatic carbocycles. The number of nitrogens with zero attached hydrogens (tertiary/aromatic N) is 1. The molecule has 0 aliphatic heterocycles. The number of carbonyl (C=O) groups excluding carboxylic acids is 2. The molecule has 0 heterocycles. The van der Waals surface area contributed by atoms with Crippen LogP contribution in [0.3, 0.4) is 0 Å². The Labute approximate surface area is 140 Å². The van der Waals surface area contributed by atoms with Crippen molar-refractivity contribution in [2.24, 2.45) is 0 Å². The molecule has 0 atom stereocenters. The van der Waals surface area contributed by atoms with E-state index in [0.717, 1.165) is 5.56 Å². The first-order valence-electron chi connectivity index (χ1n) is 7.23. The molecule has 2 aromatic carbocycles. The molecule has 0 aliphatic rings. The summed E-state index contributed by atoms with van der Waals surface area (Å²) in [5, 5.41) is 14.1. The van der Waals surface area contributed by atoms with Gasteiger partial charge in [-0.25, -0.2) is 0 Å². The summed E-state index contributed by atoms with van der Waals surface area (Å²) in [4.78, 5) is 22.8. The van der Waals surface area contributed by atoms with Crippen molar-refractivity contribution in [3.63, 3.8) is 0 Å². The zero-order valence-corrected chi connectivity index (χ0v) is 13.1. The Bertz CT molecular complexity index is 835. The third-order valence-electron chi connectivity index (χ3n) is 3.05. The van der Waals surface area contributed by atoms with Gasteiger partial charge in [0.1, 0.15) is 0 Å². The fourth-order valence-corrected chi connectivity index (χ4v) is 1.91. The fourth-order valence-electron chi connectivity index (χ4n) is 1.91. The van der Waals surface area contributed by atoms with E-state index in [9.17, 15) is 9.59 Å². The molecule has 0 radical (unpaired) electrons. The molecular formula is C19H15N3O2. The summed E-state index contributed by atoms with van der Waals surface area (Å²) in [5.41, 5.74) is 2.49. The van der Waals surface area contributed by atoms with E-state index in [2.05, 4.69) is 22.5 Å². The zero-order valence-electron chi connectivity index (χ0n) is 13.1. The van der Waals surface area contributed by atoms with Gasteiger partial charge in [-0.15, -0.1) is 0 Å². The highest BCUT2D eigenvalue weighted by Gasteiger charge is 2.03. The lowest BCUT2D eigenvalue weighted by Gasteiger charge is -2.01. The zero-order chi connectivity index (χ0) is 17.4. The number of hydrogen-bond acceptors (Lipinski definition) is 3. The normalized spacial score (nSPS) is 9.17. The van der Waals surface area contributed by atoms with Crippen LogP contribution in [0.1, 0.15) is 28.4 Å². The van der Waals surface area contributed by atoms with Gasteiger partial charge >= 0.3 is 0 Å². The van der Waals surface area contributed by atoms with Crippen LogP contribution in [0.2, 0.25) is 0 Å². The topological polar surface area (TPSA) is 82.0 Å². The molecule has 0 saturated heterocycles. The van der Waals surface area contributed by atoms with Gasteiger partial charge < -0.3 is 10.6 Å². The van der Waals surface area contributed by atoms with E-state index in [0.29, 0.717) is 16.8 Å². The van der Waals surface area contributed by atoms with Crippen LogP contribution in [0.4, 0.5) is 5.69 Å². The van der Waals surface area contributed by atoms with E-state index in [1.54, 1.807) is 48.5 Å². The number of benzene rings is 2. The van der Waals surface area contributed by atoms with E-state index in [1.807, 2.05) is 6.07 Å². The number of anilines is 1. The van der Waals surface area contributed by atoms with Gasteiger partial charge in [0.05, 0.1) is 18.2 Å². The molecule has 0 spiro atoms. The third-order valence-corrected chi connectivity index (χ3v) is 3.05. The van der Waals surface area contributed by atoms with E-state index < -0.39 is 0 Å². The van der Waals surface area contributed by atoms with Crippen molar-refractivity contribution in [2.45, 2.75) is 6.92 Å². The molecule has 0 unspecified atom stereocenters. The Hall–Kier alpha value is -3.57. The smallest absolute Gasteiger partial charge is 0.252 e. The largest absolute Gasteiger partial charge is 0.341 e. The van der Waals surface area contributed by atoms with Gasteiger partial charge in [-0.3, -0.25) is 9.59 Å². The molecule has 0 bridgehead atoms. The summed E-state index contributed by atoms with van der Waals surface area (Å²) < 4.78 is 0. The minimum atomic E-state index is -0.241. The molecule has 0 saturated carbocycles. The number of carbonyl (C=O) groups is 2. The van der Waals surface area contributed by atoms with Crippen molar-refractivity contribution in [3.05, 3.63) is 65.2 Å². The number of nitrogens with one attached hydrogen (secondary N) is 2. The van der Waals surface area contributed by atoms with Crippen LogP contribution < -0.4 is 10.6 Å². The molecule has 118 valence electrons. The fraction of sp³-hybridized carbons (Fsp3) is 0.105. The van der Waals surface area contributed by atoms with Crippen LogP contribution in [-0.4, -0.2) is 18.4 Å². The Kier molecular flexibility index (Phi) is 5.71. The maximum atomic E-state index is 11.9. The molecule has 0 aromatic heterocycles. The van der Waals surface area contributed by atoms with Crippen molar-refractivity contribution in [2.75, 3.05) is 11.9 Å². The van der Waals surface area contributed by atoms with Gasteiger partial charge in [0.25, 0.3) is 5.91 Å². The molecule has 2 rings (SSSR count). The van der Waals surface area contributed by atoms with E-state index in [-0.39, 0.29) is 18.4 Å². The number of hydrogen-bond donors (Lipinski definition) is 2. The average molecular weight is 317 g/mol. The Morgan fingerprint density at radius 1 is 1.00 bits per heavy atom. The van der Waals surface area contributed by atoms with Crippen LogP contribution in [-0.2, 0) is 4.79 Å². The lowest BCUT2D eigenvalue weighted by Crippen LogP contribution is -2.23. The monoisotopic (exact) mass is 317 g/mol. The van der Waals surface area contributed by atoms with E-state index in [4.69, 9.17) is 5.26 Å². The molecule has 5 heteroatoms. The number of rotatable bonds is 3. The molecule has 24 heavy (non-hydrogen) atoms. The van der Waals surface area contributed by atoms with Crippen molar-refractivity contribution in [1.29, 1.82) is 5.26 Å². The Morgan fingerprint density at radius 2 is 1.62 bits per heavy atom. The van der Waals surface area contributed by atoms with Gasteiger partial charge in [0.15, 0.2) is 0 Å². The summed E-state index contributed by atoms with van der Waals surface area (Å²) in [6.07, 6.45) is 0. The average Bonchev–Trinajstić information content (AvgIpc) is 2.59. The summed E-state index contributed by atoms with van der Waals surface area (Å²) in [5.74, 6) is 5.43. The van der Waals surface area contributed by atoms with Crippen molar-refractivity contribution < 1.29 is 9.59 Å². The van der Waals surface area contributed by atoms with Gasteiger partial charge in [0, 0.05) is 23.7 Å². The van der Waals surface area contributed by atoms with Crippen molar-refractivity contribution >= 4 is 17.5 Å². The molecular weight excluding hydrogens is 302 g/mol. The lowest BCUT2D eigenvalue weighted by molar-refractivity contribution is -0.114. The second-order valence-electron chi connectivity index (χ2n) is 4.93. The SMILES string of the molecule is CC(=O)Nc1ccc(C#CCNC(=O)c2ccc(C#N)cc2)cc1. The summed E-state index contributed by atoms with van der Waals surface area (Å²) in [7, 11) is 0. The van der Waals surface area contributed by atoms with Crippen LogP contribution in [0.5, 0.6) is 0 Å². The number of amides is 2. The van der Waals surface area contributed by atoms with E-state index >= 15 is 0 Å². The third kappa shape index (κ3) is 5.01. The maximum Gasteiger partial charge on any atom is 0.252 e. The van der Waals surface area contributed by atoms with Crippen molar-refractivity contribution in [3.8, 4) is 17.9 Å². The standard InChI is InChI=1S/C19H15N3O2/c1-14(23)22-18-10-6-15(7-11-18)3-2-12-21-19(24)17-8-4-16(13-20)5-9-17/h4-11H,12H2,1H3,(H,21,24)(H,22,23). The molecule has 0 fully saturated rings. The lowest BCUT2D eigenvalue weighted by atomic mass is 10.1. The Morgan fingerprint density at radius 3 is 2.21 bits per heavy atom. The van der Waals surface area contributed by atoms with Crippen LogP contribution >= 0.6 is 0 Å². The van der Waals surface area contributed by atoms with Crippen LogP contribution in [0, 0.1) is 23.2 Å². The highest BCUT2D eigenvalue weighted by Crippen LogP contribution is 2.08. The van der Waals surface area contributed by atoms with E-state index in [1.165, 1.54) is 6.92 Å². The Balaban J connectivity index is 1.87. The molecule has 2 aromatic rings. The predicted octanol–water partition coefficient (Wildman–Crippen LogP) is 2.30. The maximum absolute atomic E-state index is 11.9. The second kappa shape index (κ2) is 8.17. The first-order chi connectivity index (χ1) is 11.6. The highest BCUT2D eigenvalue weighted by atomic mass is 16.2. The summed E-state index contributed by atoms with van der Waals surface area (Å²) in [6, 6.07) is 15.5. The van der Waals surface area contributed by atoms with Gasteiger partial charge in [0.2, 0.25) is 5.91 Å². The summed E-state index contributed by atoms with van der Waals surface area (Å²) in [6.45, 7) is 1.66. The first kappa shape index (κ1) is 16.8. The van der Waals surface area contributed by atoms with Crippen LogP contribution in [0.15, 0.2) is 48.5 Å². The minimum Gasteiger partial charge on any atom is -0.341 e. The highest BCUT2D eigenvalue weighted by molar-refractivity contribution is 5.94. The summed E-state index contributed by atoms with van der Waals surface area (Å²) >= 11 is 0. The second-order valence-corrected chi connectivity index (χ2v) is 4.93. The predicted molar refractivity (Wildman–Crippen MR) is 91.1 cm³/mol. The first-order valence-corrected chi connectivity index (χ1v) is 7.23. The van der Waals surface area contributed by atoms with Gasteiger partial charge in [-0.2, -0.15) is 5.26 Å². The molecule has 2 amide bonds. The van der Waals surface area contributed by atoms with Crippen LogP contribution in [0.25, 0.3) is 0 Å². The number of nitriles is 1. The molecule has 2 N–H and O–H groups in total. The van der Waals surface area contributed by atoms with Crippen molar-refractivity contribution in [1.82, 2.24) is 5.32 Å². The minimum absolute atomic E-state index is 0.126. The van der Waals surface area contributed by atoms with Gasteiger partial charge in [-0.05, 0) is 48.5 Å². The van der Waals surface area contributed by atoms with Gasteiger partial charge in [-0.1, -0.05) is 11.8 Å². The molecule has 5 nitrogen and oxygen atoms in total. The quantitative estimate of drug-likeness (QED) is 0.852.